The third kappa shape index (κ3) is 4.17. The van der Waals surface area contributed by atoms with Crippen LogP contribution in [0.25, 0.3) is 0 Å². The summed E-state index contributed by atoms with van der Waals surface area (Å²) in [6.07, 6.45) is 1.28. The Morgan fingerprint density at radius 3 is 2.46 bits per heavy atom. The molecular weight excluding hydrogens is 324 g/mol. The fourth-order valence-corrected chi connectivity index (χ4v) is 5.40. The average Bonchev–Trinajstić information content (AvgIpc) is 2.55. The Morgan fingerprint density at radius 2 is 1.79 bits per heavy atom. The Balaban J connectivity index is 1.74. The van der Waals surface area contributed by atoms with Crippen molar-refractivity contribution in [2.75, 3.05) is 39.4 Å². The summed E-state index contributed by atoms with van der Waals surface area (Å²) in [5.74, 6) is 1.41. The van der Waals surface area contributed by atoms with Gasteiger partial charge in [0.15, 0.2) is 0 Å². The highest BCUT2D eigenvalue weighted by atomic mass is 32.2. The molecule has 2 unspecified atom stereocenters. The van der Waals surface area contributed by atoms with Crippen LogP contribution >= 0.6 is 0 Å². The van der Waals surface area contributed by atoms with Crippen LogP contribution < -0.4 is 0 Å². The van der Waals surface area contributed by atoms with E-state index in [0.29, 0.717) is 43.0 Å². The Morgan fingerprint density at radius 1 is 1.12 bits per heavy atom. The molecule has 24 heavy (non-hydrogen) atoms. The van der Waals surface area contributed by atoms with Gasteiger partial charge in [0.25, 0.3) is 0 Å². The molecule has 1 aromatic rings. The van der Waals surface area contributed by atoms with Crippen molar-refractivity contribution in [2.24, 2.45) is 11.8 Å². The molecule has 2 aliphatic rings. The maximum atomic E-state index is 12.8. The zero-order valence-electron chi connectivity index (χ0n) is 14.6. The fourth-order valence-electron chi connectivity index (χ4n) is 3.92. The van der Waals surface area contributed by atoms with Crippen molar-refractivity contribution in [3.05, 3.63) is 29.8 Å². The molecule has 2 aliphatic heterocycles. The van der Waals surface area contributed by atoms with Gasteiger partial charge >= 0.3 is 0 Å². The van der Waals surface area contributed by atoms with Gasteiger partial charge in [0.1, 0.15) is 0 Å². The maximum absolute atomic E-state index is 12.8. The van der Waals surface area contributed by atoms with Crippen LogP contribution in [-0.2, 0) is 21.3 Å². The van der Waals surface area contributed by atoms with Crippen LogP contribution in [0.3, 0.4) is 0 Å². The second-order valence-corrected chi connectivity index (χ2v) is 9.24. The second kappa shape index (κ2) is 7.52. The molecule has 0 aromatic heterocycles. The van der Waals surface area contributed by atoms with Gasteiger partial charge in [-0.25, -0.2) is 8.42 Å². The molecule has 2 atom stereocenters. The van der Waals surface area contributed by atoms with Gasteiger partial charge in [-0.15, -0.1) is 0 Å². The summed E-state index contributed by atoms with van der Waals surface area (Å²) in [7, 11) is -3.41. The Kier molecular flexibility index (Phi) is 5.59. The maximum Gasteiger partial charge on any atom is 0.243 e. The van der Waals surface area contributed by atoms with Crippen molar-refractivity contribution >= 4 is 10.0 Å². The van der Waals surface area contributed by atoms with Gasteiger partial charge < -0.3 is 4.74 Å². The van der Waals surface area contributed by atoms with E-state index < -0.39 is 10.0 Å². The first kappa shape index (κ1) is 17.9. The predicted octanol–water partition coefficient (Wildman–Crippen LogP) is 2.19. The van der Waals surface area contributed by atoms with Crippen LogP contribution in [-0.4, -0.2) is 57.0 Å². The Hall–Kier alpha value is -0.950. The highest BCUT2D eigenvalue weighted by Gasteiger charge is 2.27. The molecule has 0 amide bonds. The monoisotopic (exact) mass is 352 g/mol. The predicted molar refractivity (Wildman–Crippen MR) is 94.2 cm³/mol. The summed E-state index contributed by atoms with van der Waals surface area (Å²) in [6, 6.07) is 7.44. The van der Waals surface area contributed by atoms with E-state index in [1.807, 2.05) is 18.2 Å². The molecule has 0 aliphatic carbocycles. The summed E-state index contributed by atoms with van der Waals surface area (Å²) in [5, 5.41) is 0. The number of piperidine rings is 1. The van der Waals surface area contributed by atoms with Crippen molar-refractivity contribution < 1.29 is 13.2 Å². The molecule has 0 N–H and O–H groups in total. The van der Waals surface area contributed by atoms with Gasteiger partial charge in [0, 0.05) is 32.7 Å². The molecule has 0 spiro atoms. The van der Waals surface area contributed by atoms with Crippen molar-refractivity contribution in [3.8, 4) is 0 Å². The topological polar surface area (TPSA) is 49.9 Å². The normalized spacial score (nSPS) is 27.2. The van der Waals surface area contributed by atoms with Gasteiger partial charge in [-0.2, -0.15) is 4.31 Å². The fraction of sp³-hybridized carbons (Fsp3) is 0.667. The number of ether oxygens (including phenoxy) is 1. The Labute approximate surface area is 145 Å². The van der Waals surface area contributed by atoms with Crippen molar-refractivity contribution in [1.82, 2.24) is 9.21 Å². The summed E-state index contributed by atoms with van der Waals surface area (Å²) in [4.78, 5) is 2.85. The number of sulfonamides is 1. The Bertz CT molecular complexity index is 646. The van der Waals surface area contributed by atoms with E-state index in [1.165, 1.54) is 10.7 Å². The van der Waals surface area contributed by atoms with Gasteiger partial charge in [0.05, 0.1) is 18.1 Å². The molecule has 0 radical (unpaired) electrons. The molecule has 2 fully saturated rings. The minimum absolute atomic E-state index is 0.403. The zero-order valence-corrected chi connectivity index (χ0v) is 15.5. The largest absolute Gasteiger partial charge is 0.379 e. The highest BCUT2D eigenvalue weighted by Crippen LogP contribution is 2.24. The van der Waals surface area contributed by atoms with E-state index in [4.69, 9.17) is 4.74 Å². The molecule has 2 saturated heterocycles. The second-order valence-electron chi connectivity index (χ2n) is 7.30. The number of hydrogen-bond donors (Lipinski definition) is 0. The lowest BCUT2D eigenvalue weighted by atomic mass is 9.91. The van der Waals surface area contributed by atoms with Crippen molar-refractivity contribution in [3.63, 3.8) is 0 Å². The molecule has 6 heteroatoms. The van der Waals surface area contributed by atoms with Crippen molar-refractivity contribution in [1.29, 1.82) is 0 Å². The van der Waals surface area contributed by atoms with Gasteiger partial charge in [0.2, 0.25) is 10.0 Å². The highest BCUT2D eigenvalue weighted by molar-refractivity contribution is 7.89. The molecule has 0 bridgehead atoms. The van der Waals surface area contributed by atoms with Crippen LogP contribution in [0.4, 0.5) is 0 Å². The van der Waals surface area contributed by atoms with Crippen LogP contribution in [0.1, 0.15) is 25.8 Å². The lowest BCUT2D eigenvalue weighted by molar-refractivity contribution is 0.0730. The summed E-state index contributed by atoms with van der Waals surface area (Å²) in [5.41, 5.74) is 1.07. The first-order valence-electron chi connectivity index (χ1n) is 8.84. The summed E-state index contributed by atoms with van der Waals surface area (Å²) >= 11 is 0. The number of benzene rings is 1. The van der Waals surface area contributed by atoms with Gasteiger partial charge in [-0.1, -0.05) is 26.0 Å². The van der Waals surface area contributed by atoms with Crippen LogP contribution in [0.2, 0.25) is 0 Å². The quantitative estimate of drug-likeness (QED) is 0.833. The van der Waals surface area contributed by atoms with E-state index in [2.05, 4.69) is 18.7 Å². The number of nitrogens with zero attached hydrogens (tertiary/aromatic N) is 2. The molecule has 3 rings (SSSR count). The van der Waals surface area contributed by atoms with Gasteiger partial charge in [-0.3, -0.25) is 4.90 Å². The first-order chi connectivity index (χ1) is 11.4. The summed E-state index contributed by atoms with van der Waals surface area (Å²) in [6.45, 7) is 9.41. The molecule has 5 nitrogen and oxygen atoms in total. The minimum atomic E-state index is -3.41. The first-order valence-corrected chi connectivity index (χ1v) is 10.3. The lowest BCUT2D eigenvalue weighted by Gasteiger charge is -2.35. The van der Waals surface area contributed by atoms with E-state index in [0.717, 1.165) is 25.2 Å². The standard InChI is InChI=1S/C18H28N2O3S/c1-15-10-16(2)13-19(12-15)14-17-4-3-5-18(11-17)24(21,22)20-6-8-23-9-7-20/h3-5,11,15-16H,6-10,12-14H2,1-2H3. The van der Waals surface area contributed by atoms with Crippen LogP contribution in [0.5, 0.6) is 0 Å². The number of likely N-dealkylation sites (tertiary alicyclic amines) is 1. The lowest BCUT2D eigenvalue weighted by Crippen LogP contribution is -2.40. The molecule has 1 aromatic carbocycles. The smallest absolute Gasteiger partial charge is 0.243 e. The molecule has 2 heterocycles. The van der Waals surface area contributed by atoms with E-state index >= 15 is 0 Å². The molecule has 0 saturated carbocycles. The average molecular weight is 353 g/mol. The van der Waals surface area contributed by atoms with Crippen LogP contribution in [0, 0.1) is 11.8 Å². The van der Waals surface area contributed by atoms with E-state index in [1.54, 1.807) is 6.07 Å². The third-order valence-electron chi connectivity index (χ3n) is 4.86. The number of morpholine rings is 1. The number of hydrogen-bond acceptors (Lipinski definition) is 4. The zero-order chi connectivity index (χ0) is 17.2. The summed E-state index contributed by atoms with van der Waals surface area (Å²) < 4.78 is 32.4. The van der Waals surface area contributed by atoms with Crippen LogP contribution in [0.15, 0.2) is 29.2 Å². The van der Waals surface area contributed by atoms with E-state index in [9.17, 15) is 8.42 Å². The third-order valence-corrected chi connectivity index (χ3v) is 6.75. The minimum Gasteiger partial charge on any atom is -0.379 e. The van der Waals surface area contributed by atoms with E-state index in [-0.39, 0.29) is 0 Å². The molecule has 134 valence electrons. The molecular formula is C18H28N2O3S. The van der Waals surface area contributed by atoms with Crippen molar-refractivity contribution in [2.45, 2.75) is 31.7 Å². The SMILES string of the molecule is CC1CC(C)CN(Cc2cccc(S(=O)(=O)N3CCOCC3)c2)C1. The number of rotatable bonds is 4. The van der Waals surface area contributed by atoms with Gasteiger partial charge in [-0.05, 0) is 36.0 Å².